The third-order valence-corrected chi connectivity index (χ3v) is 5.04. The van der Waals surface area contributed by atoms with Crippen molar-refractivity contribution in [2.45, 2.75) is 43.4 Å². The number of nitrogens with one attached hydrogen (secondary N) is 1. The lowest BCUT2D eigenvalue weighted by molar-refractivity contribution is -0.121. The molecule has 134 valence electrons. The monoisotopic (exact) mass is 399 g/mol. The Morgan fingerprint density at radius 2 is 1.92 bits per heavy atom. The molecular weight excluding hydrogens is 381 g/mol. The van der Waals surface area contributed by atoms with Crippen LogP contribution < -0.4 is 5.32 Å². The highest BCUT2D eigenvalue weighted by Gasteiger charge is 2.40. The zero-order valence-corrected chi connectivity index (χ0v) is 16.6. The van der Waals surface area contributed by atoms with Gasteiger partial charge in [0.2, 0.25) is 0 Å². The molecule has 3 rings (SSSR count). The molecule has 0 bridgehead atoms. The van der Waals surface area contributed by atoms with Gasteiger partial charge in [-0.1, -0.05) is 66.8 Å². The van der Waals surface area contributed by atoms with Crippen LogP contribution in [0.4, 0.5) is 0 Å². The molecule has 1 aromatic heterocycles. The number of carbonyl (C=O) groups excluding carboxylic acids is 1. The molecule has 0 radical (unpaired) electrons. The number of aromatic nitrogens is 2. The summed E-state index contributed by atoms with van der Waals surface area (Å²) in [4.78, 5) is 12.2. The number of hydrogen-bond acceptors (Lipinski definition) is 2. The fraction of sp³-hybridized carbons (Fsp3) is 0.444. The van der Waals surface area contributed by atoms with Crippen molar-refractivity contribution >= 4 is 40.7 Å². The van der Waals surface area contributed by atoms with Gasteiger partial charge in [-0.05, 0) is 37.3 Å². The summed E-state index contributed by atoms with van der Waals surface area (Å²) in [5, 5.41) is 7.60. The van der Waals surface area contributed by atoms with E-state index < -0.39 is 9.70 Å². The highest BCUT2D eigenvalue weighted by Crippen LogP contribution is 2.43. The van der Waals surface area contributed by atoms with Gasteiger partial charge in [-0.15, -0.1) is 0 Å². The standard InChI is InChI=1S/C18H20Cl3N3O/c1-11-15-13(22-16(25)18(19,20)21)9-17(2,3)10-14(15)24(23-11)12-7-5-4-6-8-12/h4-8,13H,9-10H2,1-3H3,(H,22,25). The van der Waals surface area contributed by atoms with Crippen molar-refractivity contribution in [2.24, 2.45) is 5.41 Å². The summed E-state index contributed by atoms with van der Waals surface area (Å²) < 4.78 is -0.0227. The highest BCUT2D eigenvalue weighted by molar-refractivity contribution is 6.76. The van der Waals surface area contributed by atoms with Gasteiger partial charge in [-0.25, -0.2) is 4.68 Å². The molecule has 0 aliphatic heterocycles. The first-order valence-electron chi connectivity index (χ1n) is 8.10. The number of halogens is 3. The Bertz CT molecular complexity index is 794. The lowest BCUT2D eigenvalue weighted by Gasteiger charge is -2.36. The lowest BCUT2D eigenvalue weighted by atomic mass is 9.73. The van der Waals surface area contributed by atoms with Crippen molar-refractivity contribution in [1.29, 1.82) is 0 Å². The molecule has 1 amide bonds. The quantitative estimate of drug-likeness (QED) is 0.744. The molecule has 0 spiro atoms. The first kappa shape index (κ1) is 18.6. The largest absolute Gasteiger partial charge is 0.345 e. The van der Waals surface area contributed by atoms with Gasteiger partial charge in [0, 0.05) is 5.56 Å². The third kappa shape index (κ3) is 3.81. The molecule has 4 nitrogen and oxygen atoms in total. The van der Waals surface area contributed by atoms with Crippen molar-refractivity contribution in [3.8, 4) is 5.69 Å². The fourth-order valence-corrected chi connectivity index (χ4v) is 3.70. The van der Waals surface area contributed by atoms with Crippen LogP contribution in [0.2, 0.25) is 0 Å². The zero-order valence-electron chi connectivity index (χ0n) is 14.3. The number of carbonyl (C=O) groups is 1. The van der Waals surface area contributed by atoms with Gasteiger partial charge < -0.3 is 5.32 Å². The number of fused-ring (bicyclic) bond motifs is 1. The van der Waals surface area contributed by atoms with E-state index >= 15 is 0 Å². The van der Waals surface area contributed by atoms with E-state index in [0.29, 0.717) is 0 Å². The van der Waals surface area contributed by atoms with Crippen LogP contribution in [0.5, 0.6) is 0 Å². The molecule has 7 heteroatoms. The van der Waals surface area contributed by atoms with E-state index in [9.17, 15) is 4.79 Å². The van der Waals surface area contributed by atoms with Gasteiger partial charge in [0.15, 0.2) is 0 Å². The second-order valence-electron chi connectivity index (χ2n) is 7.26. The van der Waals surface area contributed by atoms with Gasteiger partial charge in [0.05, 0.1) is 23.1 Å². The number of aryl methyl sites for hydroxylation is 1. The Kier molecular flexibility index (Phi) is 4.82. The Hall–Kier alpha value is -1.23. The maximum Gasteiger partial charge on any atom is 0.272 e. The van der Waals surface area contributed by atoms with Gasteiger partial charge >= 0.3 is 0 Å². The van der Waals surface area contributed by atoms with Crippen molar-refractivity contribution in [3.63, 3.8) is 0 Å². The highest BCUT2D eigenvalue weighted by atomic mass is 35.6. The molecule has 0 saturated carbocycles. The molecule has 25 heavy (non-hydrogen) atoms. The van der Waals surface area contributed by atoms with E-state index in [2.05, 4.69) is 19.2 Å². The summed E-state index contributed by atoms with van der Waals surface area (Å²) in [6.45, 7) is 6.29. The minimum Gasteiger partial charge on any atom is -0.345 e. The minimum atomic E-state index is -1.98. The van der Waals surface area contributed by atoms with Crippen molar-refractivity contribution in [3.05, 3.63) is 47.3 Å². The maximum absolute atomic E-state index is 12.2. The first-order valence-corrected chi connectivity index (χ1v) is 9.23. The molecule has 1 aromatic carbocycles. The third-order valence-electron chi connectivity index (χ3n) is 4.52. The summed E-state index contributed by atoms with van der Waals surface area (Å²) in [6.07, 6.45) is 1.62. The molecule has 1 atom stereocenters. The van der Waals surface area contributed by atoms with E-state index in [0.717, 1.165) is 35.5 Å². The summed E-state index contributed by atoms with van der Waals surface area (Å²) in [5.74, 6) is -0.613. The van der Waals surface area contributed by atoms with Crippen LogP contribution in [0.1, 0.15) is 43.3 Å². The topological polar surface area (TPSA) is 46.9 Å². The summed E-state index contributed by atoms with van der Waals surface area (Å²) in [5.41, 5.74) is 3.97. The van der Waals surface area contributed by atoms with Gasteiger partial charge in [-0.2, -0.15) is 5.10 Å². The van der Waals surface area contributed by atoms with Gasteiger partial charge in [0.1, 0.15) is 0 Å². The number of hydrogen-bond donors (Lipinski definition) is 1. The van der Waals surface area contributed by atoms with E-state index in [4.69, 9.17) is 39.9 Å². The van der Waals surface area contributed by atoms with Crippen LogP contribution in [0.25, 0.3) is 5.69 Å². The zero-order chi connectivity index (χ0) is 18.4. The normalized spacial score (nSPS) is 19.4. The average molecular weight is 401 g/mol. The van der Waals surface area contributed by atoms with Crippen molar-refractivity contribution < 1.29 is 4.79 Å². The van der Waals surface area contributed by atoms with E-state index in [1.54, 1.807) is 0 Å². The molecule has 1 unspecified atom stereocenters. The summed E-state index contributed by atoms with van der Waals surface area (Å²) >= 11 is 17.2. The van der Waals surface area contributed by atoms with Crippen LogP contribution >= 0.6 is 34.8 Å². The van der Waals surface area contributed by atoms with Crippen LogP contribution in [-0.2, 0) is 11.2 Å². The number of benzene rings is 1. The molecule has 0 fully saturated rings. The second-order valence-corrected chi connectivity index (χ2v) is 9.54. The van der Waals surface area contributed by atoms with Gasteiger partial charge in [-0.3, -0.25) is 4.79 Å². The number of rotatable bonds is 2. The molecular formula is C18H20Cl3N3O. The number of alkyl halides is 3. The lowest BCUT2D eigenvalue weighted by Crippen LogP contribution is -2.41. The Morgan fingerprint density at radius 3 is 2.52 bits per heavy atom. The van der Waals surface area contributed by atoms with Crippen LogP contribution in [0.15, 0.2) is 30.3 Å². The Morgan fingerprint density at radius 1 is 1.28 bits per heavy atom. The molecule has 2 aromatic rings. The summed E-state index contributed by atoms with van der Waals surface area (Å²) in [7, 11) is 0. The van der Waals surface area contributed by atoms with Crippen molar-refractivity contribution in [1.82, 2.24) is 15.1 Å². The first-order chi connectivity index (χ1) is 11.6. The van der Waals surface area contributed by atoms with Crippen LogP contribution in [0, 0.1) is 12.3 Å². The fourth-order valence-electron chi connectivity index (χ4n) is 3.54. The number of amides is 1. The second kappa shape index (κ2) is 6.49. The van der Waals surface area contributed by atoms with Crippen LogP contribution in [0.3, 0.4) is 0 Å². The van der Waals surface area contributed by atoms with Crippen LogP contribution in [-0.4, -0.2) is 19.5 Å². The van der Waals surface area contributed by atoms with Crippen molar-refractivity contribution in [2.75, 3.05) is 0 Å². The molecule has 0 saturated heterocycles. The molecule has 1 heterocycles. The van der Waals surface area contributed by atoms with E-state index in [1.165, 1.54) is 0 Å². The summed E-state index contributed by atoms with van der Waals surface area (Å²) in [6, 6.07) is 9.73. The Labute approximate surface area is 162 Å². The number of nitrogens with zero attached hydrogens (tertiary/aromatic N) is 2. The Balaban J connectivity index is 2.06. The predicted octanol–water partition coefficient (Wildman–Crippen LogP) is 4.68. The van der Waals surface area contributed by atoms with E-state index in [-0.39, 0.29) is 11.5 Å². The molecule has 1 N–H and O–H groups in total. The number of para-hydroxylation sites is 1. The van der Waals surface area contributed by atoms with Gasteiger partial charge in [0.25, 0.3) is 9.70 Å². The molecule has 1 aliphatic rings. The maximum atomic E-state index is 12.2. The average Bonchev–Trinajstić information content (AvgIpc) is 2.82. The SMILES string of the molecule is Cc1nn(-c2ccccc2)c2c1C(NC(=O)C(Cl)(Cl)Cl)CC(C)(C)C2. The smallest absolute Gasteiger partial charge is 0.272 e. The predicted molar refractivity (Wildman–Crippen MR) is 102 cm³/mol. The minimum absolute atomic E-state index is 0.0163. The van der Waals surface area contributed by atoms with E-state index in [1.807, 2.05) is 41.9 Å². The molecule has 1 aliphatic carbocycles.